The van der Waals surface area contributed by atoms with Crippen LogP contribution >= 0.6 is 11.3 Å². The van der Waals surface area contributed by atoms with Gasteiger partial charge in [-0.3, -0.25) is 28.9 Å². The molecule has 4 rings (SSSR count). The molecule has 0 aliphatic carbocycles. The number of carbonyl (C=O) groups is 5. The molecule has 0 radical (unpaired) electrons. The van der Waals surface area contributed by atoms with E-state index in [2.05, 4.69) is 15.6 Å². The fraction of sp³-hybridized carbons (Fsp3) is 0.512. The van der Waals surface area contributed by atoms with Crippen molar-refractivity contribution < 1.29 is 33.5 Å². The van der Waals surface area contributed by atoms with Crippen LogP contribution in [0.4, 0.5) is 4.39 Å². The number of carbonyl (C=O) groups excluding carboxylic acids is 4. The minimum Gasteiger partial charge on any atom is -0.481 e. The first-order valence-corrected chi connectivity index (χ1v) is 19.7. The lowest BCUT2D eigenvalue weighted by Crippen LogP contribution is -2.58. The van der Waals surface area contributed by atoms with Gasteiger partial charge in [-0.15, -0.1) is 11.3 Å². The number of thiazole rings is 1. The van der Waals surface area contributed by atoms with Crippen LogP contribution in [-0.4, -0.2) is 87.6 Å². The van der Waals surface area contributed by atoms with Gasteiger partial charge in [0.05, 0.1) is 12.0 Å². The van der Waals surface area contributed by atoms with Crippen LogP contribution in [-0.2, 0) is 20.9 Å². The molecule has 0 spiro atoms. The number of halogens is 1. The first kappa shape index (κ1) is 42.3. The minimum absolute atomic E-state index is 0.0105. The molecule has 5 atom stereocenters. The van der Waals surface area contributed by atoms with Crippen molar-refractivity contribution in [3.05, 3.63) is 87.1 Å². The van der Waals surface area contributed by atoms with Gasteiger partial charge in [-0.25, -0.2) is 9.37 Å². The van der Waals surface area contributed by atoms with Crippen LogP contribution in [0.2, 0.25) is 0 Å². The van der Waals surface area contributed by atoms with Crippen LogP contribution < -0.4 is 10.6 Å². The molecule has 3 aromatic rings. The molecule has 11 nitrogen and oxygen atoms in total. The number of rotatable bonds is 18. The summed E-state index contributed by atoms with van der Waals surface area (Å²) >= 11 is 1.03. The van der Waals surface area contributed by atoms with Gasteiger partial charge in [-0.2, -0.15) is 0 Å². The number of ketones is 1. The van der Waals surface area contributed by atoms with Crippen LogP contribution in [0.25, 0.3) is 0 Å². The van der Waals surface area contributed by atoms with Crippen LogP contribution in [0.1, 0.15) is 109 Å². The summed E-state index contributed by atoms with van der Waals surface area (Å²) in [4.78, 5) is 75.3. The molecule has 0 bridgehead atoms. The molecule has 2 heterocycles. The fourth-order valence-corrected chi connectivity index (χ4v) is 7.71. The summed E-state index contributed by atoms with van der Waals surface area (Å²) in [6.45, 7) is 10.6. The number of nitrogens with one attached hydrogen (secondary N) is 2. The molecule has 1 fully saturated rings. The number of nitrogens with zero attached hydrogens (tertiary/aromatic N) is 3. The van der Waals surface area contributed by atoms with Gasteiger partial charge in [0.15, 0.2) is 10.8 Å². The molecule has 0 saturated carbocycles. The number of benzene rings is 2. The van der Waals surface area contributed by atoms with Gasteiger partial charge in [0.1, 0.15) is 17.6 Å². The number of amides is 3. The van der Waals surface area contributed by atoms with Crippen molar-refractivity contribution in [2.45, 2.75) is 104 Å². The average molecular weight is 764 g/mol. The number of Topliss-reactive ketones (excluding diaryl/α,β-unsaturated/α-hetero) is 1. The Balaban J connectivity index is 1.51. The number of hydrogen-bond donors (Lipinski definition) is 3. The second kappa shape index (κ2) is 19.7. The molecule has 3 unspecified atom stereocenters. The molecule has 54 heavy (non-hydrogen) atoms. The van der Waals surface area contributed by atoms with Crippen LogP contribution in [0.3, 0.4) is 0 Å². The zero-order chi connectivity index (χ0) is 39.5. The quantitative estimate of drug-likeness (QED) is 0.129. The highest BCUT2D eigenvalue weighted by atomic mass is 32.1. The third-order valence-electron chi connectivity index (χ3n) is 10.5. The number of likely N-dealkylation sites (tertiary alicyclic amines) is 1. The highest BCUT2D eigenvalue weighted by Crippen LogP contribution is 2.27. The molecular formula is C41H54FN5O6S. The zero-order valence-electron chi connectivity index (χ0n) is 32.1. The molecular weight excluding hydrogens is 710 g/mol. The average Bonchev–Trinajstić information content (AvgIpc) is 3.65. The van der Waals surface area contributed by atoms with E-state index in [0.29, 0.717) is 17.5 Å². The van der Waals surface area contributed by atoms with E-state index >= 15 is 0 Å². The summed E-state index contributed by atoms with van der Waals surface area (Å²) in [7, 11) is 1.93. The van der Waals surface area contributed by atoms with E-state index in [4.69, 9.17) is 0 Å². The maximum atomic E-state index is 14.7. The van der Waals surface area contributed by atoms with E-state index in [1.54, 1.807) is 11.8 Å². The predicted octanol–water partition coefficient (Wildman–Crippen LogP) is 6.22. The number of carboxylic acid groups (broad SMARTS) is 1. The Labute approximate surface area is 321 Å². The summed E-state index contributed by atoms with van der Waals surface area (Å²) in [5, 5.41) is 17.2. The Hall–Kier alpha value is -4.49. The monoisotopic (exact) mass is 763 g/mol. The highest BCUT2D eigenvalue weighted by molar-refractivity contribution is 7.12. The number of piperidine rings is 1. The topological polar surface area (TPSA) is 149 Å². The van der Waals surface area contributed by atoms with Crippen molar-refractivity contribution in [3.8, 4) is 0 Å². The van der Waals surface area contributed by atoms with Gasteiger partial charge in [-0.05, 0) is 80.4 Å². The van der Waals surface area contributed by atoms with Gasteiger partial charge in [0.25, 0.3) is 5.91 Å². The third kappa shape index (κ3) is 11.0. The summed E-state index contributed by atoms with van der Waals surface area (Å²) in [5.41, 5.74) is 1.88. The molecule has 3 amide bonds. The van der Waals surface area contributed by atoms with Crippen molar-refractivity contribution in [1.82, 2.24) is 25.4 Å². The number of aromatic nitrogens is 1. The molecule has 1 aliphatic heterocycles. The van der Waals surface area contributed by atoms with Gasteiger partial charge in [0.2, 0.25) is 11.8 Å². The van der Waals surface area contributed by atoms with E-state index in [-0.39, 0.29) is 72.1 Å². The Morgan fingerprint density at radius 3 is 2.44 bits per heavy atom. The van der Waals surface area contributed by atoms with Crippen molar-refractivity contribution in [1.29, 1.82) is 0 Å². The molecule has 3 N–H and O–H groups in total. The first-order chi connectivity index (χ1) is 25.7. The summed E-state index contributed by atoms with van der Waals surface area (Å²) in [5.74, 6) is -4.32. The van der Waals surface area contributed by atoms with E-state index in [9.17, 15) is 33.5 Å². The fourth-order valence-electron chi connectivity index (χ4n) is 6.96. The third-order valence-corrected chi connectivity index (χ3v) is 11.4. The number of likely N-dealkylation sites (N-methyl/N-ethyl adjacent to an activating group) is 1. The van der Waals surface area contributed by atoms with E-state index in [0.717, 1.165) is 42.7 Å². The molecule has 1 aliphatic rings. The number of aliphatic carboxylic acids is 1. The zero-order valence-corrected chi connectivity index (χ0v) is 33.0. The van der Waals surface area contributed by atoms with E-state index in [1.807, 2.05) is 70.0 Å². The SMILES string of the molecule is CCC(C)C(NC(=O)C1CCCCN1C)C(=O)N(Cc1ccccc1)[C@H](CC(=O)c1nc(C(=O)NCC[C@@H](C(=O)O)c2cc(F)ccc2C)cs1)C(C)C. The van der Waals surface area contributed by atoms with Crippen molar-refractivity contribution in [2.75, 3.05) is 20.1 Å². The normalized spacial score (nSPS) is 16.9. The van der Waals surface area contributed by atoms with E-state index in [1.165, 1.54) is 23.6 Å². The van der Waals surface area contributed by atoms with Crippen LogP contribution in [0.15, 0.2) is 53.9 Å². The molecule has 13 heteroatoms. The van der Waals surface area contributed by atoms with E-state index < -0.39 is 35.7 Å². The lowest BCUT2D eigenvalue weighted by molar-refractivity contribution is -0.142. The number of hydrogen-bond acceptors (Lipinski definition) is 8. The van der Waals surface area contributed by atoms with Crippen molar-refractivity contribution >= 4 is 40.8 Å². The van der Waals surface area contributed by atoms with Gasteiger partial charge < -0.3 is 20.6 Å². The Morgan fingerprint density at radius 1 is 1.07 bits per heavy atom. The standard InChI is InChI=1S/C41H54FN5O6S/c1-7-26(4)36(45-38(50)33-15-11-12-20-46(33)6)40(51)47(23-28-13-9-8-10-14-28)34(25(2)3)22-35(48)39-44-32(24-54-39)37(49)43-19-18-30(41(52)53)31-21-29(42)17-16-27(31)5/h8-10,13-14,16-17,21,24-26,30,33-34,36H,7,11-12,15,18-20,22-23H2,1-6H3,(H,43,49)(H,45,50)(H,52,53)/t26?,30-,33?,34-,36?/m1/s1. The lowest BCUT2D eigenvalue weighted by Gasteiger charge is -2.39. The Kier molecular flexibility index (Phi) is 15.4. The minimum atomic E-state index is -1.13. The first-order valence-electron chi connectivity index (χ1n) is 18.8. The number of carboxylic acids is 1. The van der Waals surface area contributed by atoms with Gasteiger partial charge in [0, 0.05) is 30.9 Å². The predicted molar refractivity (Wildman–Crippen MR) is 207 cm³/mol. The molecule has 1 aromatic heterocycles. The second-order valence-electron chi connectivity index (χ2n) is 14.7. The summed E-state index contributed by atoms with van der Waals surface area (Å²) < 4.78 is 13.9. The lowest BCUT2D eigenvalue weighted by atomic mass is 9.92. The maximum absolute atomic E-state index is 14.7. The van der Waals surface area contributed by atoms with Crippen LogP contribution in [0.5, 0.6) is 0 Å². The Bertz CT molecular complexity index is 1770. The largest absolute Gasteiger partial charge is 0.481 e. The maximum Gasteiger partial charge on any atom is 0.311 e. The smallest absolute Gasteiger partial charge is 0.311 e. The van der Waals surface area contributed by atoms with Gasteiger partial charge >= 0.3 is 5.97 Å². The molecule has 2 aromatic carbocycles. The highest BCUT2D eigenvalue weighted by Gasteiger charge is 2.38. The van der Waals surface area contributed by atoms with Crippen LogP contribution in [0, 0.1) is 24.6 Å². The molecule has 292 valence electrons. The Morgan fingerprint density at radius 2 is 1.80 bits per heavy atom. The number of aryl methyl sites for hydroxylation is 1. The second-order valence-corrected chi connectivity index (χ2v) is 15.6. The van der Waals surface area contributed by atoms with Crippen molar-refractivity contribution in [3.63, 3.8) is 0 Å². The van der Waals surface area contributed by atoms with Gasteiger partial charge in [-0.1, -0.05) is 76.9 Å². The summed E-state index contributed by atoms with van der Waals surface area (Å²) in [6.07, 6.45) is 3.34. The molecule has 1 saturated heterocycles. The van der Waals surface area contributed by atoms with Crippen molar-refractivity contribution in [2.24, 2.45) is 11.8 Å². The summed E-state index contributed by atoms with van der Waals surface area (Å²) in [6, 6.07) is 11.9.